The maximum atomic E-state index is 6.23. The summed E-state index contributed by atoms with van der Waals surface area (Å²) in [5.74, 6) is 0. The first-order chi connectivity index (χ1) is 8.54. The average Bonchev–Trinajstić information content (AvgIpc) is 2.30. The molecule has 1 atom stereocenters. The van der Waals surface area contributed by atoms with Crippen LogP contribution in [0.4, 0.5) is 0 Å². The number of benzene rings is 1. The average molecular weight is 288 g/mol. The molecule has 102 valence electrons. The standard InChI is InChI=1S/C15H23Cl2N/c1-4-5-7-12(18-11(2)3)10-13-14(16)8-6-9-15(13)17/h6,8-9,11-12,18H,4-5,7,10H2,1-3H3. The molecule has 18 heavy (non-hydrogen) atoms. The van der Waals surface area contributed by atoms with Gasteiger partial charge in [0.2, 0.25) is 0 Å². The SMILES string of the molecule is CCCCC(Cc1c(Cl)cccc1Cl)NC(C)C. The van der Waals surface area contributed by atoms with Gasteiger partial charge in [-0.1, -0.05) is 62.9 Å². The number of unbranched alkanes of at least 4 members (excludes halogenated alkanes) is 1. The quantitative estimate of drug-likeness (QED) is 0.736. The van der Waals surface area contributed by atoms with Gasteiger partial charge < -0.3 is 5.32 Å². The molecule has 0 aliphatic rings. The first-order valence-corrected chi connectivity index (χ1v) is 7.49. The van der Waals surface area contributed by atoms with Crippen molar-refractivity contribution < 1.29 is 0 Å². The molecule has 0 aliphatic heterocycles. The van der Waals surface area contributed by atoms with Crippen molar-refractivity contribution in [2.45, 2.75) is 58.5 Å². The Morgan fingerprint density at radius 2 is 1.78 bits per heavy atom. The molecule has 0 radical (unpaired) electrons. The Morgan fingerprint density at radius 3 is 2.28 bits per heavy atom. The Morgan fingerprint density at radius 1 is 1.17 bits per heavy atom. The molecule has 0 bridgehead atoms. The Kier molecular flexibility index (Phi) is 7.06. The highest BCUT2D eigenvalue weighted by Gasteiger charge is 2.14. The third-order valence-corrected chi connectivity index (χ3v) is 3.70. The number of nitrogens with one attached hydrogen (secondary N) is 1. The lowest BCUT2D eigenvalue weighted by Gasteiger charge is -2.22. The molecule has 1 unspecified atom stereocenters. The van der Waals surface area contributed by atoms with Gasteiger partial charge in [-0.2, -0.15) is 0 Å². The minimum Gasteiger partial charge on any atom is -0.311 e. The van der Waals surface area contributed by atoms with Crippen LogP contribution < -0.4 is 5.32 Å². The smallest absolute Gasteiger partial charge is 0.0453 e. The van der Waals surface area contributed by atoms with Gasteiger partial charge >= 0.3 is 0 Å². The molecule has 0 aliphatic carbocycles. The number of hydrogen-bond acceptors (Lipinski definition) is 1. The predicted octanol–water partition coefficient (Wildman–Crippen LogP) is 5.09. The van der Waals surface area contributed by atoms with Crippen molar-refractivity contribution in [1.82, 2.24) is 5.32 Å². The first-order valence-electron chi connectivity index (χ1n) is 6.73. The highest BCUT2D eigenvalue weighted by Crippen LogP contribution is 2.26. The van der Waals surface area contributed by atoms with E-state index in [-0.39, 0.29) is 0 Å². The van der Waals surface area contributed by atoms with Gasteiger partial charge in [-0.05, 0) is 30.5 Å². The molecule has 1 N–H and O–H groups in total. The lowest BCUT2D eigenvalue weighted by atomic mass is 10.00. The third-order valence-electron chi connectivity index (χ3n) is 2.99. The van der Waals surface area contributed by atoms with Crippen LogP contribution in [0.5, 0.6) is 0 Å². The van der Waals surface area contributed by atoms with Crippen LogP contribution in [0.1, 0.15) is 45.6 Å². The van der Waals surface area contributed by atoms with Gasteiger partial charge in [0.25, 0.3) is 0 Å². The van der Waals surface area contributed by atoms with Crippen LogP contribution in [0.25, 0.3) is 0 Å². The first kappa shape index (κ1) is 15.8. The molecule has 0 amide bonds. The highest BCUT2D eigenvalue weighted by atomic mass is 35.5. The zero-order valence-corrected chi connectivity index (χ0v) is 13.0. The van der Waals surface area contributed by atoms with Gasteiger partial charge in [-0.15, -0.1) is 0 Å². The molecule has 1 aromatic carbocycles. The molecule has 1 nitrogen and oxygen atoms in total. The molecule has 1 aromatic rings. The Hall–Kier alpha value is -0.240. The summed E-state index contributed by atoms with van der Waals surface area (Å²) in [5.41, 5.74) is 1.06. The second-order valence-electron chi connectivity index (χ2n) is 5.06. The van der Waals surface area contributed by atoms with E-state index in [4.69, 9.17) is 23.2 Å². The van der Waals surface area contributed by atoms with E-state index in [9.17, 15) is 0 Å². The van der Waals surface area contributed by atoms with Crippen LogP contribution in [0, 0.1) is 0 Å². The Balaban J connectivity index is 2.75. The van der Waals surface area contributed by atoms with Crippen molar-refractivity contribution in [3.05, 3.63) is 33.8 Å². The maximum absolute atomic E-state index is 6.23. The van der Waals surface area contributed by atoms with E-state index < -0.39 is 0 Å². The molecule has 1 rings (SSSR count). The molecule has 0 fully saturated rings. The molecular weight excluding hydrogens is 265 g/mol. The van der Waals surface area contributed by atoms with Gasteiger partial charge in [-0.3, -0.25) is 0 Å². The van der Waals surface area contributed by atoms with Crippen LogP contribution in [0.15, 0.2) is 18.2 Å². The molecule has 0 spiro atoms. The van der Waals surface area contributed by atoms with E-state index in [1.165, 1.54) is 12.8 Å². The molecule has 0 saturated heterocycles. The minimum atomic E-state index is 0.447. The van der Waals surface area contributed by atoms with Gasteiger partial charge in [0.1, 0.15) is 0 Å². The fourth-order valence-corrected chi connectivity index (χ4v) is 2.69. The van der Waals surface area contributed by atoms with Crippen molar-refractivity contribution in [2.75, 3.05) is 0 Å². The van der Waals surface area contributed by atoms with Gasteiger partial charge in [0.15, 0.2) is 0 Å². The monoisotopic (exact) mass is 287 g/mol. The molecule has 0 heterocycles. The van der Waals surface area contributed by atoms with E-state index in [1.54, 1.807) is 0 Å². The van der Waals surface area contributed by atoms with E-state index >= 15 is 0 Å². The van der Waals surface area contributed by atoms with Gasteiger partial charge in [0.05, 0.1) is 0 Å². The van der Waals surface area contributed by atoms with Crippen LogP contribution in [0.2, 0.25) is 10.0 Å². The van der Waals surface area contributed by atoms with Crippen LogP contribution in [-0.2, 0) is 6.42 Å². The molecule has 0 aromatic heterocycles. The predicted molar refractivity (Wildman–Crippen MR) is 81.8 cm³/mol. The van der Waals surface area contributed by atoms with E-state index in [0.717, 1.165) is 28.5 Å². The summed E-state index contributed by atoms with van der Waals surface area (Å²) < 4.78 is 0. The summed E-state index contributed by atoms with van der Waals surface area (Å²) in [6.45, 7) is 6.56. The summed E-state index contributed by atoms with van der Waals surface area (Å²) in [6, 6.07) is 6.64. The van der Waals surface area contributed by atoms with Crippen molar-refractivity contribution in [2.24, 2.45) is 0 Å². The topological polar surface area (TPSA) is 12.0 Å². The number of halogens is 2. The van der Waals surface area contributed by atoms with E-state index in [0.29, 0.717) is 12.1 Å². The fraction of sp³-hybridized carbons (Fsp3) is 0.600. The van der Waals surface area contributed by atoms with E-state index in [2.05, 4.69) is 26.1 Å². The minimum absolute atomic E-state index is 0.447. The zero-order chi connectivity index (χ0) is 13.5. The zero-order valence-electron chi connectivity index (χ0n) is 11.5. The van der Waals surface area contributed by atoms with Crippen molar-refractivity contribution >= 4 is 23.2 Å². The Bertz CT molecular complexity index is 343. The lowest BCUT2D eigenvalue weighted by Crippen LogP contribution is -2.36. The number of rotatable bonds is 7. The van der Waals surface area contributed by atoms with Crippen LogP contribution >= 0.6 is 23.2 Å². The summed E-state index contributed by atoms with van der Waals surface area (Å²) in [4.78, 5) is 0. The van der Waals surface area contributed by atoms with Crippen LogP contribution in [-0.4, -0.2) is 12.1 Å². The summed E-state index contributed by atoms with van der Waals surface area (Å²) >= 11 is 12.5. The molecule has 0 saturated carbocycles. The second kappa shape index (κ2) is 8.04. The fourth-order valence-electron chi connectivity index (χ4n) is 2.14. The summed E-state index contributed by atoms with van der Waals surface area (Å²) in [7, 11) is 0. The van der Waals surface area contributed by atoms with Crippen molar-refractivity contribution in [1.29, 1.82) is 0 Å². The summed E-state index contributed by atoms with van der Waals surface area (Å²) in [5, 5.41) is 5.15. The van der Waals surface area contributed by atoms with Crippen molar-refractivity contribution in [3.8, 4) is 0 Å². The third kappa shape index (κ3) is 5.17. The highest BCUT2D eigenvalue weighted by molar-refractivity contribution is 6.35. The number of hydrogen-bond donors (Lipinski definition) is 1. The molecule has 3 heteroatoms. The normalized spacial score (nSPS) is 13.0. The second-order valence-corrected chi connectivity index (χ2v) is 5.88. The van der Waals surface area contributed by atoms with E-state index in [1.807, 2.05) is 18.2 Å². The Labute approximate surface area is 121 Å². The van der Waals surface area contributed by atoms with Crippen molar-refractivity contribution in [3.63, 3.8) is 0 Å². The maximum Gasteiger partial charge on any atom is 0.0453 e. The summed E-state index contributed by atoms with van der Waals surface area (Å²) in [6.07, 6.45) is 4.51. The van der Waals surface area contributed by atoms with Crippen LogP contribution in [0.3, 0.4) is 0 Å². The van der Waals surface area contributed by atoms with Gasteiger partial charge in [0, 0.05) is 22.1 Å². The van der Waals surface area contributed by atoms with Gasteiger partial charge in [-0.25, -0.2) is 0 Å². The lowest BCUT2D eigenvalue weighted by molar-refractivity contribution is 0.425. The molecular formula is C15H23Cl2N. The largest absolute Gasteiger partial charge is 0.311 e.